The second kappa shape index (κ2) is 13.3. The lowest BCUT2D eigenvalue weighted by Gasteiger charge is -2.44. The number of methoxy groups -OCH3 is 1. The van der Waals surface area contributed by atoms with Crippen molar-refractivity contribution in [3.63, 3.8) is 0 Å². The van der Waals surface area contributed by atoms with Gasteiger partial charge in [-0.25, -0.2) is 9.98 Å². The molecule has 0 radical (unpaired) electrons. The minimum absolute atomic E-state index is 0.0691. The van der Waals surface area contributed by atoms with E-state index < -0.39 is 11.4 Å². The summed E-state index contributed by atoms with van der Waals surface area (Å²) in [5, 5.41) is 1.23. The van der Waals surface area contributed by atoms with Gasteiger partial charge in [0.25, 0.3) is 5.56 Å². The van der Waals surface area contributed by atoms with Gasteiger partial charge >= 0.3 is 0 Å². The van der Waals surface area contributed by atoms with Gasteiger partial charge in [0, 0.05) is 41.8 Å². The van der Waals surface area contributed by atoms with Crippen LogP contribution in [0.5, 0.6) is 5.75 Å². The first kappa shape index (κ1) is 32.6. The zero-order valence-corrected chi connectivity index (χ0v) is 28.2. The minimum Gasteiger partial charge on any atom is -0.598 e. The van der Waals surface area contributed by atoms with E-state index in [2.05, 4.69) is 43.4 Å². The Hall–Kier alpha value is -2.83. The number of aliphatic imine (C=N–C) groups is 2. The molecule has 1 aromatic heterocycles. The van der Waals surface area contributed by atoms with Gasteiger partial charge in [0.2, 0.25) is 0 Å². The number of piperidine rings is 1. The van der Waals surface area contributed by atoms with Crippen molar-refractivity contribution in [3.05, 3.63) is 74.4 Å². The molecule has 9 nitrogen and oxygen atoms in total. The number of ether oxygens (including phenoxy) is 1. The standard InChI is InChI=1S/C32H39ClN6O3S2/c1-20(35-18-27(34-5)43-26-10-9-25-28(29(26)33)30(40)37-19-36-25)39-13-11-32(12-14-39)16-21-7-8-22(42-6)15-23(21)24(32)17-38-44(41)31(2,3)4/h7-10,15,18-19,24,38H,5,11-14,16-17H2,1-4,6H3,(H,36,37,40)/b27-18+,35-20?/t24-,44?/m1/s1. The first-order valence-corrected chi connectivity index (χ1v) is 16.9. The summed E-state index contributed by atoms with van der Waals surface area (Å²) in [7, 11) is 1.70. The topological polar surface area (TPSA) is 118 Å². The number of H-pyrrole nitrogens is 1. The Morgan fingerprint density at radius 2 is 2.09 bits per heavy atom. The van der Waals surface area contributed by atoms with Gasteiger partial charge < -0.3 is 19.2 Å². The number of nitrogens with zero attached hydrogens (tertiary/aromatic N) is 4. The highest BCUT2D eigenvalue weighted by Crippen LogP contribution is 2.54. The molecule has 12 heteroatoms. The number of halogens is 1. The third kappa shape index (κ3) is 6.72. The summed E-state index contributed by atoms with van der Waals surface area (Å²) in [5.41, 5.74) is 2.96. The SMILES string of the molecule is C=N/C(=C\N=C(C)N1CCC2(CC1)Cc1ccc(OC)cc1[C@H]2CN[S+]([O-])C(C)(C)C)Sc1ccc2nc[nH]c(=O)c2c1Cl. The number of rotatable bonds is 8. The van der Waals surface area contributed by atoms with E-state index in [1.165, 1.54) is 29.2 Å². The van der Waals surface area contributed by atoms with Crippen LogP contribution >= 0.6 is 23.4 Å². The summed E-state index contributed by atoms with van der Waals surface area (Å²) in [6.45, 7) is 14.1. The Bertz CT molecular complexity index is 1660. The number of hydrogen-bond acceptors (Lipinski definition) is 8. The fourth-order valence-corrected chi connectivity index (χ4v) is 7.98. The van der Waals surface area contributed by atoms with Crippen molar-refractivity contribution in [2.24, 2.45) is 15.4 Å². The Balaban J connectivity index is 1.30. The number of nitrogens with one attached hydrogen (secondary N) is 2. The van der Waals surface area contributed by atoms with Crippen LogP contribution in [0.3, 0.4) is 0 Å². The molecule has 2 aromatic carbocycles. The number of likely N-dealkylation sites (tertiary alicyclic amines) is 1. The van der Waals surface area contributed by atoms with Crippen molar-refractivity contribution < 1.29 is 9.29 Å². The lowest BCUT2D eigenvalue weighted by Crippen LogP contribution is -2.47. The molecule has 2 N–H and O–H groups in total. The number of hydrogen-bond donors (Lipinski definition) is 2. The monoisotopic (exact) mass is 654 g/mol. The van der Waals surface area contributed by atoms with Gasteiger partial charge in [0.1, 0.15) is 21.4 Å². The highest BCUT2D eigenvalue weighted by atomic mass is 35.5. The maximum absolute atomic E-state index is 12.9. The second-order valence-electron chi connectivity index (χ2n) is 12.3. The molecule has 234 valence electrons. The number of aromatic amines is 1. The van der Waals surface area contributed by atoms with Crippen LogP contribution in [0.4, 0.5) is 0 Å². The molecule has 2 aliphatic rings. The van der Waals surface area contributed by atoms with E-state index in [9.17, 15) is 9.35 Å². The van der Waals surface area contributed by atoms with E-state index in [1.807, 2.05) is 39.8 Å². The first-order valence-electron chi connectivity index (χ1n) is 14.6. The summed E-state index contributed by atoms with van der Waals surface area (Å²) in [6, 6.07) is 9.97. The van der Waals surface area contributed by atoms with Crippen molar-refractivity contribution in [1.82, 2.24) is 19.6 Å². The zero-order valence-electron chi connectivity index (χ0n) is 25.8. The van der Waals surface area contributed by atoms with Crippen LogP contribution in [0.15, 0.2) is 67.6 Å². The van der Waals surface area contributed by atoms with Crippen molar-refractivity contribution in [2.75, 3.05) is 26.7 Å². The Morgan fingerprint density at radius 3 is 2.77 bits per heavy atom. The summed E-state index contributed by atoms with van der Waals surface area (Å²) < 4.78 is 21.5. The molecular weight excluding hydrogens is 616 g/mol. The third-order valence-corrected chi connectivity index (χ3v) is 11.7. The van der Waals surface area contributed by atoms with E-state index >= 15 is 0 Å². The molecule has 2 atom stereocenters. The maximum atomic E-state index is 12.9. The summed E-state index contributed by atoms with van der Waals surface area (Å²) in [4.78, 5) is 30.9. The average Bonchev–Trinajstić information content (AvgIpc) is 3.29. The maximum Gasteiger partial charge on any atom is 0.260 e. The van der Waals surface area contributed by atoms with Gasteiger partial charge in [-0.1, -0.05) is 29.4 Å². The van der Waals surface area contributed by atoms with E-state index in [4.69, 9.17) is 21.3 Å². The van der Waals surface area contributed by atoms with Crippen LogP contribution in [0.25, 0.3) is 10.9 Å². The van der Waals surface area contributed by atoms with Gasteiger partial charge in [-0.2, -0.15) is 0 Å². The number of fused-ring (bicyclic) bond motifs is 2. The quantitative estimate of drug-likeness (QED) is 0.131. The van der Waals surface area contributed by atoms with Crippen LogP contribution in [0, 0.1) is 5.41 Å². The van der Waals surface area contributed by atoms with Crippen molar-refractivity contribution in [1.29, 1.82) is 0 Å². The van der Waals surface area contributed by atoms with E-state index in [-0.39, 0.29) is 21.6 Å². The summed E-state index contributed by atoms with van der Waals surface area (Å²) in [6.07, 6.45) is 6.03. The summed E-state index contributed by atoms with van der Waals surface area (Å²) >= 11 is 6.73. The van der Waals surface area contributed by atoms with Gasteiger partial charge in [-0.3, -0.25) is 9.79 Å². The molecule has 2 heterocycles. The average molecular weight is 655 g/mol. The molecule has 1 unspecified atom stereocenters. The zero-order chi connectivity index (χ0) is 31.6. The molecular formula is C32H39ClN6O3S2. The molecule has 1 spiro atoms. The second-order valence-corrected chi connectivity index (χ2v) is 15.8. The van der Waals surface area contributed by atoms with Crippen LogP contribution in [0.2, 0.25) is 5.02 Å². The highest BCUT2D eigenvalue weighted by Gasteiger charge is 2.48. The molecule has 5 rings (SSSR count). The smallest absolute Gasteiger partial charge is 0.260 e. The number of amidine groups is 1. The lowest BCUT2D eigenvalue weighted by atomic mass is 9.69. The van der Waals surface area contributed by atoms with Crippen LogP contribution in [0.1, 0.15) is 57.6 Å². The van der Waals surface area contributed by atoms with Gasteiger partial charge in [0.05, 0.1) is 35.6 Å². The van der Waals surface area contributed by atoms with Crippen molar-refractivity contribution in [3.8, 4) is 5.75 Å². The number of benzene rings is 2. The molecule has 0 amide bonds. The lowest BCUT2D eigenvalue weighted by molar-refractivity contribution is 0.126. The molecule has 1 aliphatic heterocycles. The van der Waals surface area contributed by atoms with E-state index in [1.54, 1.807) is 19.4 Å². The summed E-state index contributed by atoms with van der Waals surface area (Å²) in [5.74, 6) is 1.99. The molecule has 1 aliphatic carbocycles. The predicted octanol–water partition coefficient (Wildman–Crippen LogP) is 6.07. The van der Waals surface area contributed by atoms with Gasteiger partial charge in [-0.15, -0.1) is 4.72 Å². The number of aromatic nitrogens is 2. The van der Waals surface area contributed by atoms with Crippen LogP contribution in [-0.2, 0) is 17.8 Å². The first-order chi connectivity index (χ1) is 21.0. The molecule has 0 saturated carbocycles. The Morgan fingerprint density at radius 1 is 1.34 bits per heavy atom. The molecule has 1 saturated heterocycles. The predicted molar refractivity (Wildman–Crippen MR) is 183 cm³/mol. The third-order valence-electron chi connectivity index (χ3n) is 8.64. The molecule has 3 aromatic rings. The molecule has 44 heavy (non-hydrogen) atoms. The van der Waals surface area contributed by atoms with Gasteiger partial charge in [-0.05, 0) is 94.5 Å². The van der Waals surface area contributed by atoms with E-state index in [0.717, 1.165) is 43.9 Å². The molecule has 1 fully saturated rings. The van der Waals surface area contributed by atoms with Crippen LogP contribution < -0.4 is 15.0 Å². The number of thioether (sulfide) groups is 1. The van der Waals surface area contributed by atoms with Crippen molar-refractivity contribution >= 4 is 58.2 Å². The highest BCUT2D eigenvalue weighted by molar-refractivity contribution is 8.03. The normalized spacial score (nSPS) is 19.3. The largest absolute Gasteiger partial charge is 0.598 e. The Kier molecular flexibility index (Phi) is 9.81. The Labute approximate surface area is 271 Å². The minimum atomic E-state index is -1.15. The fourth-order valence-electron chi connectivity index (χ4n) is 6.14. The van der Waals surface area contributed by atoms with Crippen LogP contribution in [-0.4, -0.2) is 63.5 Å². The fraction of sp³-hybridized carbons (Fsp3) is 0.438. The molecule has 0 bridgehead atoms. The van der Waals surface area contributed by atoms with Crippen molar-refractivity contribution in [2.45, 2.75) is 62.5 Å². The van der Waals surface area contributed by atoms with E-state index in [0.29, 0.717) is 32.4 Å². The van der Waals surface area contributed by atoms with Gasteiger partial charge in [0.15, 0.2) is 0 Å².